The lowest BCUT2D eigenvalue weighted by molar-refractivity contribution is 0.722. The summed E-state index contributed by atoms with van der Waals surface area (Å²) in [4.78, 5) is 0. The number of hydrogen-bond acceptors (Lipinski definition) is 1. The fraction of sp³-hybridized carbons (Fsp3) is 0.200. The van der Waals surface area contributed by atoms with Crippen LogP contribution in [0.4, 0.5) is 0 Å². The Labute approximate surface area is 107 Å². The number of aryl methyl sites for hydroxylation is 1. The van der Waals surface area contributed by atoms with E-state index in [1.807, 2.05) is 18.2 Å². The molecule has 0 saturated heterocycles. The molecule has 0 aliphatic rings. The van der Waals surface area contributed by atoms with Gasteiger partial charge in [0.1, 0.15) is 0 Å². The Hall–Kier alpha value is -1.31. The summed E-state index contributed by atoms with van der Waals surface area (Å²) in [6, 6.07) is 16.2. The van der Waals surface area contributed by atoms with E-state index in [1.54, 1.807) is 0 Å². The first kappa shape index (κ1) is 12.2. The van der Waals surface area contributed by atoms with E-state index >= 15 is 0 Å². The van der Waals surface area contributed by atoms with E-state index < -0.39 is 0 Å². The average molecular weight is 246 g/mol. The highest BCUT2D eigenvalue weighted by atomic mass is 35.5. The number of nitrogens with two attached hydrogens (primary N) is 1. The molecular formula is C15H16ClN. The van der Waals surface area contributed by atoms with Crippen LogP contribution in [0.15, 0.2) is 48.5 Å². The van der Waals surface area contributed by atoms with E-state index in [2.05, 4.69) is 37.3 Å². The van der Waals surface area contributed by atoms with Gasteiger partial charge in [0.25, 0.3) is 0 Å². The predicted molar refractivity (Wildman–Crippen MR) is 73.3 cm³/mol. The zero-order valence-electron chi connectivity index (χ0n) is 9.86. The summed E-state index contributed by atoms with van der Waals surface area (Å²) in [7, 11) is 0. The van der Waals surface area contributed by atoms with Crippen LogP contribution in [-0.2, 0) is 6.42 Å². The number of benzene rings is 2. The highest BCUT2D eigenvalue weighted by molar-refractivity contribution is 6.30. The summed E-state index contributed by atoms with van der Waals surface area (Å²) in [5, 5.41) is 0.763. The molecule has 0 radical (unpaired) electrons. The highest BCUT2D eigenvalue weighted by Gasteiger charge is 2.06. The van der Waals surface area contributed by atoms with Gasteiger partial charge in [-0.1, -0.05) is 53.6 Å². The van der Waals surface area contributed by atoms with Gasteiger partial charge in [0, 0.05) is 11.1 Å². The molecule has 88 valence electrons. The van der Waals surface area contributed by atoms with Crippen molar-refractivity contribution in [3.63, 3.8) is 0 Å². The Morgan fingerprint density at radius 1 is 1.12 bits per heavy atom. The molecule has 2 aromatic rings. The lowest BCUT2D eigenvalue weighted by Gasteiger charge is -2.12. The minimum Gasteiger partial charge on any atom is -0.324 e. The molecule has 0 spiro atoms. The Balaban J connectivity index is 2.11. The van der Waals surface area contributed by atoms with Crippen molar-refractivity contribution < 1.29 is 0 Å². The van der Waals surface area contributed by atoms with Gasteiger partial charge in [-0.05, 0) is 36.6 Å². The smallest absolute Gasteiger partial charge is 0.0408 e. The van der Waals surface area contributed by atoms with Crippen LogP contribution in [0.2, 0.25) is 5.02 Å². The van der Waals surface area contributed by atoms with E-state index in [4.69, 9.17) is 17.3 Å². The van der Waals surface area contributed by atoms with Crippen LogP contribution in [0.5, 0.6) is 0 Å². The Morgan fingerprint density at radius 3 is 2.47 bits per heavy atom. The van der Waals surface area contributed by atoms with Gasteiger partial charge in [-0.3, -0.25) is 0 Å². The van der Waals surface area contributed by atoms with Crippen LogP contribution in [0.25, 0.3) is 0 Å². The number of rotatable bonds is 3. The van der Waals surface area contributed by atoms with Crippen molar-refractivity contribution in [1.82, 2.24) is 0 Å². The first-order chi connectivity index (χ1) is 8.15. The van der Waals surface area contributed by atoms with Gasteiger partial charge in [0.2, 0.25) is 0 Å². The molecule has 2 heteroatoms. The summed E-state index contributed by atoms with van der Waals surface area (Å²) in [5.41, 5.74) is 9.77. The van der Waals surface area contributed by atoms with Gasteiger partial charge in [0.15, 0.2) is 0 Å². The second-order valence-corrected chi connectivity index (χ2v) is 4.79. The summed E-state index contributed by atoms with van der Waals surface area (Å²) >= 11 is 5.95. The van der Waals surface area contributed by atoms with Crippen molar-refractivity contribution in [1.29, 1.82) is 0 Å². The molecule has 2 rings (SSSR count). The molecule has 0 saturated carbocycles. The van der Waals surface area contributed by atoms with Crippen molar-refractivity contribution in [2.45, 2.75) is 19.4 Å². The zero-order valence-corrected chi connectivity index (χ0v) is 10.6. The van der Waals surface area contributed by atoms with Gasteiger partial charge >= 0.3 is 0 Å². The Morgan fingerprint density at radius 2 is 1.82 bits per heavy atom. The minimum atomic E-state index is 0.0223. The number of hydrogen-bond donors (Lipinski definition) is 1. The van der Waals surface area contributed by atoms with Gasteiger partial charge in [-0.25, -0.2) is 0 Å². The standard InChI is InChI=1S/C15H16ClN/c1-11-5-7-13(8-6-11)15(17)10-12-3-2-4-14(16)9-12/h2-9,15H,10,17H2,1H3. The molecular weight excluding hydrogens is 230 g/mol. The summed E-state index contributed by atoms with van der Waals surface area (Å²) < 4.78 is 0. The summed E-state index contributed by atoms with van der Waals surface area (Å²) in [5.74, 6) is 0. The van der Waals surface area contributed by atoms with Crippen LogP contribution >= 0.6 is 11.6 Å². The quantitative estimate of drug-likeness (QED) is 0.872. The van der Waals surface area contributed by atoms with Crippen LogP contribution in [-0.4, -0.2) is 0 Å². The van der Waals surface area contributed by atoms with Crippen LogP contribution < -0.4 is 5.73 Å². The molecule has 0 aliphatic carbocycles. The lowest BCUT2D eigenvalue weighted by Crippen LogP contribution is -2.13. The van der Waals surface area contributed by atoms with Crippen molar-refractivity contribution in [2.24, 2.45) is 5.73 Å². The first-order valence-corrected chi connectivity index (χ1v) is 6.09. The molecule has 2 N–H and O–H groups in total. The fourth-order valence-electron chi connectivity index (χ4n) is 1.85. The fourth-order valence-corrected chi connectivity index (χ4v) is 2.06. The van der Waals surface area contributed by atoms with Gasteiger partial charge in [0.05, 0.1) is 0 Å². The van der Waals surface area contributed by atoms with Crippen LogP contribution in [0.1, 0.15) is 22.7 Å². The second-order valence-electron chi connectivity index (χ2n) is 4.35. The topological polar surface area (TPSA) is 26.0 Å². The van der Waals surface area contributed by atoms with Crippen molar-refractivity contribution in [3.8, 4) is 0 Å². The molecule has 0 amide bonds. The summed E-state index contributed by atoms with van der Waals surface area (Å²) in [6.45, 7) is 2.08. The maximum absolute atomic E-state index is 6.18. The van der Waals surface area contributed by atoms with Crippen molar-refractivity contribution in [2.75, 3.05) is 0 Å². The molecule has 2 aromatic carbocycles. The molecule has 0 fully saturated rings. The Bertz CT molecular complexity index is 491. The van der Waals surface area contributed by atoms with E-state index in [-0.39, 0.29) is 6.04 Å². The lowest BCUT2D eigenvalue weighted by atomic mass is 9.99. The normalized spacial score (nSPS) is 12.4. The van der Waals surface area contributed by atoms with E-state index in [0.717, 1.165) is 17.0 Å². The molecule has 1 nitrogen and oxygen atoms in total. The van der Waals surface area contributed by atoms with Gasteiger partial charge in [-0.2, -0.15) is 0 Å². The van der Waals surface area contributed by atoms with E-state index in [0.29, 0.717) is 0 Å². The highest BCUT2D eigenvalue weighted by Crippen LogP contribution is 2.18. The maximum atomic E-state index is 6.18. The molecule has 0 bridgehead atoms. The second kappa shape index (κ2) is 5.35. The molecule has 0 aliphatic heterocycles. The van der Waals surface area contributed by atoms with Gasteiger partial charge in [-0.15, -0.1) is 0 Å². The average Bonchev–Trinajstić information content (AvgIpc) is 2.29. The molecule has 0 aromatic heterocycles. The van der Waals surface area contributed by atoms with E-state index in [1.165, 1.54) is 11.1 Å². The largest absolute Gasteiger partial charge is 0.324 e. The number of halogens is 1. The molecule has 0 heterocycles. The van der Waals surface area contributed by atoms with Crippen LogP contribution in [0, 0.1) is 6.92 Å². The molecule has 1 atom stereocenters. The SMILES string of the molecule is Cc1ccc(C(N)Cc2cccc(Cl)c2)cc1. The predicted octanol–water partition coefficient (Wildman–Crippen LogP) is 3.89. The third-order valence-electron chi connectivity index (χ3n) is 2.85. The van der Waals surface area contributed by atoms with Crippen molar-refractivity contribution in [3.05, 3.63) is 70.2 Å². The van der Waals surface area contributed by atoms with Crippen molar-refractivity contribution >= 4 is 11.6 Å². The van der Waals surface area contributed by atoms with E-state index in [9.17, 15) is 0 Å². The zero-order chi connectivity index (χ0) is 12.3. The molecule has 17 heavy (non-hydrogen) atoms. The Kier molecular flexibility index (Phi) is 3.82. The minimum absolute atomic E-state index is 0.0223. The van der Waals surface area contributed by atoms with Crippen LogP contribution in [0.3, 0.4) is 0 Å². The first-order valence-electron chi connectivity index (χ1n) is 5.72. The van der Waals surface area contributed by atoms with Gasteiger partial charge < -0.3 is 5.73 Å². The third kappa shape index (κ3) is 3.32. The summed E-state index contributed by atoms with van der Waals surface area (Å²) in [6.07, 6.45) is 0.809. The maximum Gasteiger partial charge on any atom is 0.0408 e. The third-order valence-corrected chi connectivity index (χ3v) is 3.09. The molecule has 1 unspecified atom stereocenters. The monoisotopic (exact) mass is 245 g/mol.